The lowest BCUT2D eigenvalue weighted by atomic mass is 9.92. The highest BCUT2D eigenvalue weighted by Gasteiger charge is 2.21. The molecule has 1 unspecified atom stereocenters. The van der Waals surface area contributed by atoms with Crippen molar-refractivity contribution in [1.29, 1.82) is 0 Å². The van der Waals surface area contributed by atoms with Crippen LogP contribution < -0.4 is 0 Å². The summed E-state index contributed by atoms with van der Waals surface area (Å²) in [6.45, 7) is 2.33. The van der Waals surface area contributed by atoms with Crippen LogP contribution in [0, 0.1) is 0 Å². The van der Waals surface area contributed by atoms with E-state index in [9.17, 15) is 0 Å². The van der Waals surface area contributed by atoms with Gasteiger partial charge in [-0.25, -0.2) is 0 Å². The first-order valence-corrected chi connectivity index (χ1v) is 8.71. The Morgan fingerprint density at radius 2 is 1.29 bits per heavy atom. The van der Waals surface area contributed by atoms with E-state index in [2.05, 4.69) is 91.9 Å². The summed E-state index contributed by atoms with van der Waals surface area (Å²) in [6, 6.07) is 28.5. The van der Waals surface area contributed by atoms with Gasteiger partial charge in [-0.2, -0.15) is 0 Å². The van der Waals surface area contributed by atoms with Gasteiger partial charge in [0.15, 0.2) is 0 Å². The summed E-state index contributed by atoms with van der Waals surface area (Å²) in [5.41, 5.74) is 8.56. The number of benzene rings is 3. The fraction of sp³-hybridized carbons (Fsp3) is 0.167. The van der Waals surface area contributed by atoms with Crippen LogP contribution >= 0.6 is 0 Å². The van der Waals surface area contributed by atoms with E-state index >= 15 is 0 Å². The molecule has 24 heavy (non-hydrogen) atoms. The second-order valence-corrected chi connectivity index (χ2v) is 6.73. The topological polar surface area (TPSA) is 0 Å². The highest BCUT2D eigenvalue weighted by molar-refractivity contribution is 5.67. The monoisotopic (exact) mass is 310 g/mol. The van der Waals surface area contributed by atoms with Crippen LogP contribution in [-0.2, 0) is 12.8 Å². The molecule has 4 rings (SSSR count). The number of rotatable bonds is 4. The lowest BCUT2D eigenvalue weighted by Crippen LogP contribution is -1.97. The molecule has 1 aliphatic rings. The van der Waals surface area contributed by atoms with Crippen LogP contribution in [0.5, 0.6) is 0 Å². The smallest absolute Gasteiger partial charge is 0.00324 e. The molecule has 0 aromatic heterocycles. The van der Waals surface area contributed by atoms with Gasteiger partial charge >= 0.3 is 0 Å². The molecule has 0 saturated carbocycles. The molecule has 118 valence electrons. The van der Waals surface area contributed by atoms with Crippen LogP contribution in [0.1, 0.15) is 40.7 Å². The van der Waals surface area contributed by atoms with Gasteiger partial charge in [-0.15, -0.1) is 0 Å². The lowest BCUT2D eigenvalue weighted by Gasteiger charge is -2.12. The Hall–Kier alpha value is -2.60. The Bertz CT molecular complexity index is 857. The maximum absolute atomic E-state index is 2.40. The Kier molecular flexibility index (Phi) is 4.04. The highest BCUT2D eigenvalue weighted by atomic mass is 14.3. The molecule has 0 heterocycles. The highest BCUT2D eigenvalue weighted by Crippen LogP contribution is 2.38. The Morgan fingerprint density at radius 1 is 0.667 bits per heavy atom. The molecule has 0 amide bonds. The first-order chi connectivity index (χ1) is 11.8. The average Bonchev–Trinajstić information content (AvgIpc) is 2.92. The maximum atomic E-state index is 2.40. The third-order valence-corrected chi connectivity index (χ3v) is 5.02. The van der Waals surface area contributed by atoms with Crippen molar-refractivity contribution in [3.8, 4) is 0 Å². The quantitative estimate of drug-likeness (QED) is 0.552. The molecule has 0 nitrogen and oxygen atoms in total. The van der Waals surface area contributed by atoms with Crippen molar-refractivity contribution in [2.45, 2.75) is 25.7 Å². The zero-order valence-corrected chi connectivity index (χ0v) is 14.1. The van der Waals surface area contributed by atoms with Gasteiger partial charge in [0.05, 0.1) is 0 Å². The molecule has 0 fully saturated rings. The van der Waals surface area contributed by atoms with Crippen molar-refractivity contribution in [2.24, 2.45) is 0 Å². The summed E-state index contributed by atoms with van der Waals surface area (Å²) in [5.74, 6) is 0.519. The fourth-order valence-electron chi connectivity index (χ4n) is 3.65. The third kappa shape index (κ3) is 3.05. The summed E-state index contributed by atoms with van der Waals surface area (Å²) < 4.78 is 0. The second-order valence-electron chi connectivity index (χ2n) is 6.73. The Morgan fingerprint density at radius 3 is 1.96 bits per heavy atom. The van der Waals surface area contributed by atoms with Gasteiger partial charge in [0.2, 0.25) is 0 Å². The maximum Gasteiger partial charge on any atom is 0.00324 e. The number of hydrogen-bond donors (Lipinski definition) is 0. The van der Waals surface area contributed by atoms with Crippen molar-refractivity contribution in [3.63, 3.8) is 0 Å². The number of hydrogen-bond acceptors (Lipinski definition) is 0. The summed E-state index contributed by atoms with van der Waals surface area (Å²) in [7, 11) is 0. The van der Waals surface area contributed by atoms with Crippen LogP contribution in [0.4, 0.5) is 0 Å². The molecule has 0 heteroatoms. The minimum absolute atomic E-state index is 0.519. The Balaban J connectivity index is 1.58. The first-order valence-electron chi connectivity index (χ1n) is 8.71. The van der Waals surface area contributed by atoms with E-state index in [1.165, 1.54) is 33.4 Å². The molecular formula is C24H22. The average molecular weight is 310 g/mol. The molecular weight excluding hydrogens is 288 g/mol. The Labute approximate surface area is 144 Å². The van der Waals surface area contributed by atoms with Gasteiger partial charge in [-0.05, 0) is 40.7 Å². The van der Waals surface area contributed by atoms with Gasteiger partial charge in [0.25, 0.3) is 0 Å². The van der Waals surface area contributed by atoms with E-state index in [0.717, 1.165) is 12.8 Å². The molecule has 0 N–H and O–H groups in total. The van der Waals surface area contributed by atoms with Gasteiger partial charge < -0.3 is 0 Å². The van der Waals surface area contributed by atoms with Crippen molar-refractivity contribution in [2.75, 3.05) is 0 Å². The zero-order chi connectivity index (χ0) is 16.4. The molecule has 3 aromatic rings. The van der Waals surface area contributed by atoms with Crippen molar-refractivity contribution in [3.05, 3.63) is 112 Å². The number of fused-ring (bicyclic) bond motifs is 1. The van der Waals surface area contributed by atoms with Crippen LogP contribution in [0.2, 0.25) is 0 Å². The van der Waals surface area contributed by atoms with E-state index < -0.39 is 0 Å². The van der Waals surface area contributed by atoms with Crippen LogP contribution in [-0.4, -0.2) is 0 Å². The fourth-order valence-corrected chi connectivity index (χ4v) is 3.65. The van der Waals surface area contributed by atoms with E-state index in [1.807, 2.05) is 0 Å². The van der Waals surface area contributed by atoms with Gasteiger partial charge in [0.1, 0.15) is 0 Å². The first kappa shape index (κ1) is 15.0. The lowest BCUT2D eigenvalue weighted by molar-refractivity contribution is 0.877. The summed E-state index contributed by atoms with van der Waals surface area (Å²) >= 11 is 0. The summed E-state index contributed by atoms with van der Waals surface area (Å²) in [6.07, 6.45) is 4.45. The van der Waals surface area contributed by atoms with Gasteiger partial charge in [-0.3, -0.25) is 0 Å². The SMILES string of the molecule is CC1C(Cc2ccccc2)=Cc2cc(Cc3ccccc3)ccc21. The molecule has 1 aliphatic carbocycles. The largest absolute Gasteiger partial charge is 0.0622 e. The summed E-state index contributed by atoms with van der Waals surface area (Å²) in [4.78, 5) is 0. The molecule has 0 radical (unpaired) electrons. The van der Waals surface area contributed by atoms with Gasteiger partial charge in [0, 0.05) is 5.92 Å². The molecule has 0 aliphatic heterocycles. The molecule has 0 saturated heterocycles. The predicted molar refractivity (Wildman–Crippen MR) is 102 cm³/mol. The van der Waals surface area contributed by atoms with Gasteiger partial charge in [-0.1, -0.05) is 97.4 Å². The molecule has 3 aromatic carbocycles. The van der Waals surface area contributed by atoms with Crippen LogP contribution in [0.15, 0.2) is 84.4 Å². The van der Waals surface area contributed by atoms with E-state index in [1.54, 1.807) is 0 Å². The van der Waals surface area contributed by atoms with E-state index in [0.29, 0.717) is 5.92 Å². The number of allylic oxidation sites excluding steroid dienone is 1. The van der Waals surface area contributed by atoms with Crippen molar-refractivity contribution in [1.82, 2.24) is 0 Å². The molecule has 1 atom stereocenters. The zero-order valence-electron chi connectivity index (χ0n) is 14.1. The third-order valence-electron chi connectivity index (χ3n) is 5.02. The van der Waals surface area contributed by atoms with E-state index in [-0.39, 0.29) is 0 Å². The summed E-state index contributed by atoms with van der Waals surface area (Å²) in [5, 5.41) is 0. The standard InChI is InChI=1S/C24H22/c1-18-22(15-20-10-6-3-7-11-20)17-23-16-21(12-13-24(18)23)14-19-8-4-2-5-9-19/h2-13,16-18H,14-15H2,1H3. The minimum atomic E-state index is 0.519. The molecule has 0 bridgehead atoms. The van der Waals surface area contributed by atoms with Crippen LogP contribution in [0.3, 0.4) is 0 Å². The minimum Gasteiger partial charge on any atom is -0.0622 e. The van der Waals surface area contributed by atoms with Crippen LogP contribution in [0.25, 0.3) is 6.08 Å². The van der Waals surface area contributed by atoms with E-state index in [4.69, 9.17) is 0 Å². The van der Waals surface area contributed by atoms with Crippen molar-refractivity contribution >= 4 is 6.08 Å². The normalized spacial score (nSPS) is 15.9. The predicted octanol–water partition coefficient (Wildman–Crippen LogP) is 6.02. The van der Waals surface area contributed by atoms with Crippen molar-refractivity contribution < 1.29 is 0 Å². The second kappa shape index (κ2) is 6.49. The molecule has 0 spiro atoms.